The topological polar surface area (TPSA) is 70.8 Å². The molecule has 128 valence electrons. The minimum atomic E-state index is -1.11. The first-order valence-electron chi connectivity index (χ1n) is 8.39. The molecule has 0 saturated carbocycles. The zero-order chi connectivity index (χ0) is 16.2. The highest BCUT2D eigenvalue weighted by molar-refractivity contribution is 5.82. The van der Waals surface area contributed by atoms with Gasteiger partial charge in [-0.05, 0) is 18.8 Å². The third-order valence-corrected chi connectivity index (χ3v) is 4.73. The maximum atomic E-state index is 12.6. The molecule has 7 nitrogen and oxygen atoms in total. The van der Waals surface area contributed by atoms with Crippen molar-refractivity contribution in [1.29, 1.82) is 0 Å². The van der Waals surface area contributed by atoms with E-state index in [1.807, 2.05) is 4.90 Å². The molecule has 2 aliphatic heterocycles. The van der Waals surface area contributed by atoms with Gasteiger partial charge in [-0.2, -0.15) is 5.10 Å². The molecule has 2 saturated heterocycles. The number of morpholine rings is 1. The molecule has 1 aromatic rings. The number of aromatic nitrogens is 2. The predicted octanol–water partition coefficient (Wildman–Crippen LogP) is 0.0243. The minimum Gasteiger partial charge on any atom is -0.379 e. The van der Waals surface area contributed by atoms with Gasteiger partial charge in [-0.15, -0.1) is 0 Å². The van der Waals surface area contributed by atoms with E-state index in [1.165, 1.54) is 0 Å². The lowest BCUT2D eigenvalue weighted by Crippen LogP contribution is -2.47. The number of ether oxygens (including phenoxy) is 1. The first-order chi connectivity index (χ1) is 11.1. The average Bonchev–Trinajstić information content (AvgIpc) is 3.01. The van der Waals surface area contributed by atoms with Crippen molar-refractivity contribution >= 4 is 5.91 Å². The maximum absolute atomic E-state index is 12.6. The van der Waals surface area contributed by atoms with Crippen LogP contribution in [0.15, 0.2) is 12.4 Å². The summed E-state index contributed by atoms with van der Waals surface area (Å²) >= 11 is 0. The second kappa shape index (κ2) is 7.42. The number of amides is 1. The number of aliphatic hydroxyl groups excluding tert-OH is 1. The molecule has 0 radical (unpaired) electrons. The van der Waals surface area contributed by atoms with Gasteiger partial charge in [0.05, 0.1) is 19.4 Å². The summed E-state index contributed by atoms with van der Waals surface area (Å²) in [6.45, 7) is 6.02. The molecule has 0 aliphatic carbocycles. The fraction of sp³-hybridized carbons (Fsp3) is 0.750. The smallest absolute Gasteiger partial charge is 0.256 e. The van der Waals surface area contributed by atoms with Crippen LogP contribution >= 0.6 is 0 Å². The van der Waals surface area contributed by atoms with Gasteiger partial charge in [-0.3, -0.25) is 14.4 Å². The zero-order valence-electron chi connectivity index (χ0n) is 13.7. The van der Waals surface area contributed by atoms with E-state index in [-0.39, 0.29) is 5.91 Å². The van der Waals surface area contributed by atoms with Crippen molar-refractivity contribution in [2.24, 2.45) is 13.0 Å². The highest BCUT2D eigenvalue weighted by atomic mass is 16.5. The van der Waals surface area contributed by atoms with Crippen molar-refractivity contribution in [2.75, 3.05) is 45.9 Å². The Morgan fingerprint density at radius 1 is 1.43 bits per heavy atom. The molecule has 23 heavy (non-hydrogen) atoms. The molecular weight excluding hydrogens is 296 g/mol. The van der Waals surface area contributed by atoms with E-state index in [9.17, 15) is 9.90 Å². The lowest BCUT2D eigenvalue weighted by Gasteiger charge is -2.37. The van der Waals surface area contributed by atoms with Gasteiger partial charge in [0.25, 0.3) is 5.91 Å². The maximum Gasteiger partial charge on any atom is 0.256 e. The number of hydrogen-bond acceptors (Lipinski definition) is 5. The van der Waals surface area contributed by atoms with Gasteiger partial charge >= 0.3 is 0 Å². The Labute approximate surface area is 136 Å². The second-order valence-corrected chi connectivity index (χ2v) is 6.56. The SMILES string of the molecule is Cn1cc([C@@H](O)C(=O)N2CCC[C@@H](CN3CCOCC3)C2)cn1. The molecule has 2 atom stereocenters. The second-order valence-electron chi connectivity index (χ2n) is 6.56. The van der Waals surface area contributed by atoms with Crippen LogP contribution in [0.2, 0.25) is 0 Å². The average molecular weight is 322 g/mol. The molecule has 7 heteroatoms. The molecule has 2 fully saturated rings. The van der Waals surface area contributed by atoms with Crippen molar-refractivity contribution in [2.45, 2.75) is 18.9 Å². The third-order valence-electron chi connectivity index (χ3n) is 4.73. The highest BCUT2D eigenvalue weighted by Crippen LogP contribution is 2.22. The summed E-state index contributed by atoms with van der Waals surface area (Å²) in [6, 6.07) is 0. The normalized spacial score (nSPS) is 24.6. The summed E-state index contributed by atoms with van der Waals surface area (Å²) in [7, 11) is 1.78. The van der Waals surface area contributed by atoms with Gasteiger partial charge in [0.1, 0.15) is 0 Å². The summed E-state index contributed by atoms with van der Waals surface area (Å²) in [6.07, 6.45) is 4.28. The number of aliphatic hydroxyl groups is 1. The van der Waals surface area contributed by atoms with E-state index in [4.69, 9.17) is 4.74 Å². The van der Waals surface area contributed by atoms with Crippen LogP contribution in [0.4, 0.5) is 0 Å². The summed E-state index contributed by atoms with van der Waals surface area (Å²) in [5.41, 5.74) is 0.563. The van der Waals surface area contributed by atoms with Crippen molar-refractivity contribution in [1.82, 2.24) is 19.6 Å². The molecule has 0 unspecified atom stereocenters. The number of piperidine rings is 1. The first-order valence-corrected chi connectivity index (χ1v) is 8.39. The van der Waals surface area contributed by atoms with E-state index in [2.05, 4.69) is 10.00 Å². The van der Waals surface area contributed by atoms with Crippen LogP contribution in [0.25, 0.3) is 0 Å². The Hall–Kier alpha value is -1.44. The molecule has 0 aromatic carbocycles. The lowest BCUT2D eigenvalue weighted by molar-refractivity contribution is -0.142. The summed E-state index contributed by atoms with van der Waals surface area (Å²) in [5, 5.41) is 14.3. The number of hydrogen-bond donors (Lipinski definition) is 1. The van der Waals surface area contributed by atoms with Gasteiger partial charge in [-0.1, -0.05) is 0 Å². The molecular formula is C16H26N4O3. The van der Waals surface area contributed by atoms with E-state index in [1.54, 1.807) is 24.1 Å². The van der Waals surface area contributed by atoms with E-state index < -0.39 is 6.10 Å². The van der Waals surface area contributed by atoms with Crippen LogP contribution < -0.4 is 0 Å². The van der Waals surface area contributed by atoms with Crippen LogP contribution in [0.5, 0.6) is 0 Å². The number of likely N-dealkylation sites (tertiary alicyclic amines) is 1. The zero-order valence-corrected chi connectivity index (χ0v) is 13.7. The number of carbonyl (C=O) groups excluding carboxylic acids is 1. The monoisotopic (exact) mass is 322 g/mol. The standard InChI is InChI=1S/C16H26N4O3/c1-18-12-14(9-17-18)15(21)16(22)20-4-2-3-13(11-20)10-19-5-7-23-8-6-19/h9,12-13,15,21H,2-8,10-11H2,1H3/t13-,15+/m0/s1. The molecule has 3 heterocycles. The quantitative estimate of drug-likeness (QED) is 0.846. The van der Waals surface area contributed by atoms with Gasteiger partial charge in [0.15, 0.2) is 6.10 Å². The fourth-order valence-electron chi connectivity index (χ4n) is 3.46. The van der Waals surface area contributed by atoms with Crippen molar-refractivity contribution in [3.05, 3.63) is 18.0 Å². The number of nitrogens with zero attached hydrogens (tertiary/aromatic N) is 4. The Morgan fingerprint density at radius 2 is 2.22 bits per heavy atom. The van der Waals surface area contributed by atoms with E-state index >= 15 is 0 Å². The molecule has 1 aromatic heterocycles. The lowest BCUT2D eigenvalue weighted by atomic mass is 9.96. The summed E-state index contributed by atoms with van der Waals surface area (Å²) in [5.74, 6) is 0.275. The van der Waals surface area contributed by atoms with Crippen molar-refractivity contribution in [3.63, 3.8) is 0 Å². The Bertz CT molecular complexity index is 527. The van der Waals surface area contributed by atoms with E-state index in [0.717, 1.165) is 58.8 Å². The third kappa shape index (κ3) is 4.10. The Morgan fingerprint density at radius 3 is 2.91 bits per heavy atom. The highest BCUT2D eigenvalue weighted by Gasteiger charge is 2.30. The minimum absolute atomic E-state index is 0.204. The number of aryl methyl sites for hydroxylation is 1. The molecule has 1 amide bonds. The molecule has 0 bridgehead atoms. The molecule has 0 spiro atoms. The van der Waals surface area contributed by atoms with Crippen LogP contribution in [0.1, 0.15) is 24.5 Å². The van der Waals surface area contributed by atoms with Crippen LogP contribution in [-0.2, 0) is 16.6 Å². The van der Waals surface area contributed by atoms with Gasteiger partial charge in [0.2, 0.25) is 0 Å². The van der Waals surface area contributed by atoms with E-state index in [0.29, 0.717) is 11.5 Å². The number of carbonyl (C=O) groups is 1. The Kier molecular flexibility index (Phi) is 5.30. The first kappa shape index (κ1) is 16.4. The van der Waals surface area contributed by atoms with Crippen molar-refractivity contribution < 1.29 is 14.6 Å². The summed E-state index contributed by atoms with van der Waals surface area (Å²) < 4.78 is 6.98. The summed E-state index contributed by atoms with van der Waals surface area (Å²) in [4.78, 5) is 16.8. The molecule has 2 aliphatic rings. The largest absolute Gasteiger partial charge is 0.379 e. The molecule has 1 N–H and O–H groups in total. The van der Waals surface area contributed by atoms with Crippen LogP contribution in [0.3, 0.4) is 0 Å². The van der Waals surface area contributed by atoms with Crippen LogP contribution in [-0.4, -0.2) is 76.5 Å². The Balaban J connectivity index is 1.55. The van der Waals surface area contributed by atoms with Crippen LogP contribution in [0, 0.1) is 5.92 Å². The van der Waals surface area contributed by atoms with Gasteiger partial charge in [0, 0.05) is 51.5 Å². The molecule has 3 rings (SSSR count). The van der Waals surface area contributed by atoms with Gasteiger partial charge < -0.3 is 14.7 Å². The van der Waals surface area contributed by atoms with Crippen molar-refractivity contribution in [3.8, 4) is 0 Å². The predicted molar refractivity (Wildman–Crippen MR) is 84.7 cm³/mol. The number of rotatable bonds is 4. The fourth-order valence-corrected chi connectivity index (χ4v) is 3.46. The van der Waals surface area contributed by atoms with Gasteiger partial charge in [-0.25, -0.2) is 0 Å².